The van der Waals surface area contributed by atoms with Crippen LogP contribution in [0.15, 0.2) is 29.0 Å². The molecule has 1 amide bonds. The molecule has 0 spiro atoms. The highest BCUT2D eigenvalue weighted by molar-refractivity contribution is 6.04. The fourth-order valence-corrected chi connectivity index (χ4v) is 2.06. The maximum absolute atomic E-state index is 12.3. The molecule has 0 aliphatic heterocycles. The molecule has 2 rings (SSSR count). The van der Waals surface area contributed by atoms with Gasteiger partial charge in [0.05, 0.1) is 12.7 Å². The zero-order valence-electron chi connectivity index (χ0n) is 13.0. The highest BCUT2D eigenvalue weighted by atomic mass is 16.5. The van der Waals surface area contributed by atoms with Crippen LogP contribution in [-0.2, 0) is 4.74 Å². The molecule has 6 heteroatoms. The molecule has 1 N–H and O–H groups in total. The van der Waals surface area contributed by atoms with E-state index in [2.05, 4.69) is 10.3 Å². The number of hydrogen-bond acceptors (Lipinski definition) is 5. The van der Waals surface area contributed by atoms with E-state index in [1.165, 1.54) is 13.5 Å². The number of benzene rings is 1. The first kappa shape index (κ1) is 15.8. The van der Waals surface area contributed by atoms with Gasteiger partial charge >= 0.3 is 5.97 Å². The third-order valence-corrected chi connectivity index (χ3v) is 3.24. The van der Waals surface area contributed by atoms with Crippen molar-refractivity contribution in [2.45, 2.75) is 26.7 Å². The van der Waals surface area contributed by atoms with E-state index in [4.69, 9.17) is 9.15 Å². The minimum absolute atomic E-state index is 0.0481. The van der Waals surface area contributed by atoms with Crippen molar-refractivity contribution >= 4 is 17.6 Å². The van der Waals surface area contributed by atoms with Crippen LogP contribution < -0.4 is 5.32 Å². The smallest absolute Gasteiger partial charge is 0.338 e. The van der Waals surface area contributed by atoms with Crippen molar-refractivity contribution in [3.63, 3.8) is 0 Å². The van der Waals surface area contributed by atoms with Gasteiger partial charge in [-0.15, -0.1) is 0 Å². The van der Waals surface area contributed by atoms with Gasteiger partial charge < -0.3 is 14.5 Å². The number of amides is 1. The third-order valence-electron chi connectivity index (χ3n) is 3.24. The van der Waals surface area contributed by atoms with Gasteiger partial charge in [0.2, 0.25) is 0 Å². The molecule has 2 aromatic rings. The molecule has 0 saturated carbocycles. The molecule has 1 aromatic heterocycles. The second-order valence-electron chi connectivity index (χ2n) is 5.20. The fourth-order valence-electron chi connectivity index (χ4n) is 2.06. The van der Waals surface area contributed by atoms with Crippen LogP contribution in [0.25, 0.3) is 0 Å². The van der Waals surface area contributed by atoms with Crippen LogP contribution in [0, 0.1) is 6.92 Å². The van der Waals surface area contributed by atoms with Gasteiger partial charge in [0, 0.05) is 11.6 Å². The number of ether oxygens (including phenoxy) is 1. The monoisotopic (exact) mass is 302 g/mol. The molecule has 1 aromatic carbocycles. The minimum atomic E-state index is -0.446. The minimum Gasteiger partial charge on any atom is -0.465 e. The molecule has 0 saturated heterocycles. The normalized spacial score (nSPS) is 10.6. The molecule has 0 unspecified atom stereocenters. The molecule has 0 atom stereocenters. The predicted molar refractivity (Wildman–Crippen MR) is 81.1 cm³/mol. The molecule has 1 heterocycles. The Bertz CT molecular complexity index is 704. The topological polar surface area (TPSA) is 81.4 Å². The summed E-state index contributed by atoms with van der Waals surface area (Å²) in [7, 11) is 1.32. The number of aryl methyl sites for hydroxylation is 1. The first-order valence-electron chi connectivity index (χ1n) is 6.87. The van der Waals surface area contributed by atoms with Crippen molar-refractivity contribution in [3.05, 3.63) is 47.2 Å². The first-order chi connectivity index (χ1) is 10.4. The summed E-state index contributed by atoms with van der Waals surface area (Å²) in [5.74, 6) is -0.250. The van der Waals surface area contributed by atoms with Gasteiger partial charge in [-0.3, -0.25) is 4.79 Å². The molecular formula is C16H18N2O4. The summed E-state index contributed by atoms with van der Waals surface area (Å²) in [5.41, 5.74) is 1.92. The molecule has 22 heavy (non-hydrogen) atoms. The van der Waals surface area contributed by atoms with E-state index in [-0.39, 0.29) is 17.5 Å². The Kier molecular flexibility index (Phi) is 4.60. The number of carbonyl (C=O) groups excluding carboxylic acids is 2. The first-order valence-corrected chi connectivity index (χ1v) is 6.87. The molecule has 116 valence electrons. The predicted octanol–water partition coefficient (Wildman–Crippen LogP) is 3.15. The maximum Gasteiger partial charge on any atom is 0.338 e. The van der Waals surface area contributed by atoms with Crippen LogP contribution in [0.3, 0.4) is 0 Å². The van der Waals surface area contributed by atoms with Crippen LogP contribution in [0.4, 0.5) is 5.69 Å². The summed E-state index contributed by atoms with van der Waals surface area (Å²) in [6.45, 7) is 5.63. The molecule has 0 fully saturated rings. The number of rotatable bonds is 4. The van der Waals surface area contributed by atoms with Gasteiger partial charge in [0.1, 0.15) is 5.76 Å². The summed E-state index contributed by atoms with van der Waals surface area (Å²) in [5, 5.41) is 2.72. The van der Waals surface area contributed by atoms with Crippen LogP contribution in [0.5, 0.6) is 0 Å². The molecular weight excluding hydrogens is 284 g/mol. The number of nitrogens with zero attached hydrogens (tertiary/aromatic N) is 1. The van der Waals surface area contributed by atoms with Gasteiger partial charge in [0.15, 0.2) is 12.1 Å². The SMILES string of the molecule is COC(=O)c1cc(NC(=O)c2ncoc2C(C)C)ccc1C. The molecule has 0 bridgehead atoms. The van der Waals surface area contributed by atoms with Gasteiger partial charge in [-0.05, 0) is 24.6 Å². The lowest BCUT2D eigenvalue weighted by molar-refractivity contribution is 0.0599. The Morgan fingerprint density at radius 3 is 2.68 bits per heavy atom. The number of hydrogen-bond donors (Lipinski definition) is 1. The number of oxazole rings is 1. The van der Waals surface area contributed by atoms with Crippen LogP contribution in [-0.4, -0.2) is 24.0 Å². The maximum atomic E-state index is 12.3. The number of carbonyl (C=O) groups is 2. The van der Waals surface area contributed by atoms with Gasteiger partial charge in [-0.1, -0.05) is 19.9 Å². The average Bonchev–Trinajstić information content (AvgIpc) is 2.98. The summed E-state index contributed by atoms with van der Waals surface area (Å²) in [6.07, 6.45) is 1.25. The Labute approximate surface area is 128 Å². The molecule has 0 aliphatic rings. The lowest BCUT2D eigenvalue weighted by atomic mass is 10.1. The lowest BCUT2D eigenvalue weighted by Crippen LogP contribution is -2.15. The molecule has 6 nitrogen and oxygen atoms in total. The standard InChI is InChI=1S/C16H18N2O4/c1-9(2)14-13(17-8-22-14)15(19)18-11-6-5-10(3)12(7-11)16(20)21-4/h5-9H,1-4H3,(H,18,19). The van der Waals surface area contributed by atoms with Crippen molar-refractivity contribution in [1.29, 1.82) is 0 Å². The van der Waals surface area contributed by atoms with E-state index >= 15 is 0 Å². The van der Waals surface area contributed by atoms with Crippen molar-refractivity contribution in [1.82, 2.24) is 4.98 Å². The van der Waals surface area contributed by atoms with E-state index in [9.17, 15) is 9.59 Å². The van der Waals surface area contributed by atoms with Crippen LogP contribution in [0.1, 0.15) is 51.9 Å². The average molecular weight is 302 g/mol. The Hall–Kier alpha value is -2.63. The van der Waals surface area contributed by atoms with Crippen molar-refractivity contribution < 1.29 is 18.7 Å². The quantitative estimate of drug-likeness (QED) is 0.877. The van der Waals surface area contributed by atoms with Crippen LogP contribution >= 0.6 is 0 Å². The second-order valence-corrected chi connectivity index (χ2v) is 5.20. The number of nitrogens with one attached hydrogen (secondary N) is 1. The second kappa shape index (κ2) is 6.43. The number of aromatic nitrogens is 1. The molecule has 0 aliphatic carbocycles. The highest BCUT2D eigenvalue weighted by Gasteiger charge is 2.20. The largest absolute Gasteiger partial charge is 0.465 e. The zero-order valence-corrected chi connectivity index (χ0v) is 13.0. The van der Waals surface area contributed by atoms with E-state index in [0.29, 0.717) is 17.0 Å². The van der Waals surface area contributed by atoms with Crippen molar-refractivity contribution in [2.75, 3.05) is 12.4 Å². The lowest BCUT2D eigenvalue weighted by Gasteiger charge is -2.09. The summed E-state index contributed by atoms with van der Waals surface area (Å²) in [6, 6.07) is 5.04. The molecule has 0 radical (unpaired) electrons. The number of esters is 1. The zero-order chi connectivity index (χ0) is 16.3. The highest BCUT2D eigenvalue weighted by Crippen LogP contribution is 2.21. The summed E-state index contributed by atoms with van der Waals surface area (Å²) < 4.78 is 9.96. The van der Waals surface area contributed by atoms with Gasteiger partial charge in [0.25, 0.3) is 5.91 Å². The van der Waals surface area contributed by atoms with E-state index in [1.54, 1.807) is 25.1 Å². The van der Waals surface area contributed by atoms with E-state index < -0.39 is 5.97 Å². The summed E-state index contributed by atoms with van der Waals surface area (Å²) in [4.78, 5) is 27.9. The van der Waals surface area contributed by atoms with Gasteiger partial charge in [-0.25, -0.2) is 9.78 Å². The van der Waals surface area contributed by atoms with Gasteiger partial charge in [-0.2, -0.15) is 0 Å². The number of anilines is 1. The van der Waals surface area contributed by atoms with E-state index in [0.717, 1.165) is 5.56 Å². The third kappa shape index (κ3) is 3.16. The van der Waals surface area contributed by atoms with E-state index in [1.807, 2.05) is 13.8 Å². The Morgan fingerprint density at radius 2 is 2.05 bits per heavy atom. The Balaban J connectivity index is 2.25. The van der Waals surface area contributed by atoms with Crippen molar-refractivity contribution in [2.24, 2.45) is 0 Å². The Morgan fingerprint density at radius 1 is 1.32 bits per heavy atom. The van der Waals surface area contributed by atoms with Crippen LogP contribution in [0.2, 0.25) is 0 Å². The number of methoxy groups -OCH3 is 1. The fraction of sp³-hybridized carbons (Fsp3) is 0.312. The van der Waals surface area contributed by atoms with Crippen molar-refractivity contribution in [3.8, 4) is 0 Å². The summed E-state index contributed by atoms with van der Waals surface area (Å²) >= 11 is 0.